The lowest BCUT2D eigenvalue weighted by molar-refractivity contribution is -0.151. The molecule has 1 aliphatic rings. The average Bonchev–Trinajstić information content (AvgIpc) is 2.89. The zero-order chi connectivity index (χ0) is 12.8. The monoisotopic (exact) mass is 285 g/mol. The van der Waals surface area contributed by atoms with Gasteiger partial charge in [-0.05, 0) is 24.9 Å². The maximum absolute atomic E-state index is 11.8. The van der Waals surface area contributed by atoms with E-state index in [0.29, 0.717) is 13.2 Å². The van der Waals surface area contributed by atoms with E-state index in [-0.39, 0.29) is 18.4 Å². The first-order valence-electron chi connectivity index (χ1n) is 6.22. The molecule has 1 atom stereocenters. The van der Waals surface area contributed by atoms with Crippen molar-refractivity contribution in [3.8, 4) is 0 Å². The minimum atomic E-state index is -0.649. The van der Waals surface area contributed by atoms with E-state index in [9.17, 15) is 4.79 Å². The van der Waals surface area contributed by atoms with E-state index in [1.165, 1.54) is 7.11 Å². The third-order valence-electron chi connectivity index (χ3n) is 3.28. The number of hydrogen-bond donors (Lipinski definition) is 1. The summed E-state index contributed by atoms with van der Waals surface area (Å²) in [6.45, 7) is 1.71. The maximum Gasteiger partial charge on any atom is 0.328 e. The topological polar surface area (TPSA) is 47.6 Å². The molecule has 106 valence electrons. The molecule has 1 aliphatic heterocycles. The minimum absolute atomic E-state index is 0. The molecule has 4 nitrogen and oxygen atoms in total. The van der Waals surface area contributed by atoms with Crippen molar-refractivity contribution in [1.29, 1.82) is 0 Å². The van der Waals surface area contributed by atoms with Gasteiger partial charge in [-0.25, -0.2) is 4.79 Å². The normalized spacial score (nSPS) is 21.7. The zero-order valence-corrected chi connectivity index (χ0v) is 11.9. The van der Waals surface area contributed by atoms with Crippen LogP contribution in [0, 0.1) is 0 Å². The first-order chi connectivity index (χ1) is 8.77. The first-order valence-corrected chi connectivity index (χ1v) is 6.22. The van der Waals surface area contributed by atoms with Crippen LogP contribution < -0.4 is 5.32 Å². The Bertz CT molecular complexity index is 391. The second kappa shape index (κ2) is 7.48. The van der Waals surface area contributed by atoms with Crippen LogP contribution in [0.5, 0.6) is 0 Å². The molecule has 19 heavy (non-hydrogen) atoms. The Kier molecular flexibility index (Phi) is 6.28. The molecule has 0 radical (unpaired) electrons. The van der Waals surface area contributed by atoms with Crippen LogP contribution in [0.4, 0.5) is 0 Å². The number of hydrogen-bond acceptors (Lipinski definition) is 4. The molecule has 0 aliphatic carbocycles. The van der Waals surface area contributed by atoms with Crippen LogP contribution in [0.15, 0.2) is 30.3 Å². The number of benzene rings is 1. The van der Waals surface area contributed by atoms with Crippen LogP contribution in [0.2, 0.25) is 0 Å². The highest BCUT2D eigenvalue weighted by molar-refractivity contribution is 5.85. The molecule has 2 rings (SSSR count). The summed E-state index contributed by atoms with van der Waals surface area (Å²) in [5, 5.41) is 3.21. The summed E-state index contributed by atoms with van der Waals surface area (Å²) in [5.41, 5.74) is 0.458. The molecule has 1 aromatic carbocycles. The van der Waals surface area contributed by atoms with Gasteiger partial charge < -0.3 is 9.47 Å². The number of carbonyl (C=O) groups excluding carboxylic acids is 1. The van der Waals surface area contributed by atoms with Crippen LogP contribution in [0.1, 0.15) is 18.4 Å². The Morgan fingerprint density at radius 2 is 2.11 bits per heavy atom. The first kappa shape index (κ1) is 16.0. The smallest absolute Gasteiger partial charge is 0.328 e. The van der Waals surface area contributed by atoms with E-state index in [0.717, 1.165) is 24.9 Å². The van der Waals surface area contributed by atoms with E-state index in [1.807, 2.05) is 30.3 Å². The molecule has 1 N–H and O–H groups in total. The third-order valence-corrected chi connectivity index (χ3v) is 3.28. The van der Waals surface area contributed by atoms with Crippen molar-refractivity contribution >= 4 is 18.4 Å². The van der Waals surface area contributed by atoms with Crippen LogP contribution in [-0.2, 0) is 20.9 Å². The highest BCUT2D eigenvalue weighted by atomic mass is 35.5. The Morgan fingerprint density at radius 1 is 1.37 bits per heavy atom. The molecule has 1 fully saturated rings. The number of carbonyl (C=O) groups is 1. The van der Waals surface area contributed by atoms with E-state index < -0.39 is 5.54 Å². The summed E-state index contributed by atoms with van der Waals surface area (Å²) in [6.07, 6.45) is 1.75. The number of methoxy groups -OCH3 is 1. The third kappa shape index (κ3) is 3.93. The molecular formula is C14H20ClNO3. The highest BCUT2D eigenvalue weighted by Gasteiger charge is 2.42. The predicted octanol–water partition coefficient (Wildman–Crippen LogP) is 1.92. The van der Waals surface area contributed by atoms with Gasteiger partial charge in [0.2, 0.25) is 0 Å². The quantitative estimate of drug-likeness (QED) is 0.840. The van der Waals surface area contributed by atoms with Gasteiger partial charge in [0.15, 0.2) is 0 Å². The van der Waals surface area contributed by atoms with Gasteiger partial charge in [0.25, 0.3) is 0 Å². The molecule has 0 bridgehead atoms. The second-order valence-electron chi connectivity index (χ2n) is 4.58. The fourth-order valence-electron chi connectivity index (χ4n) is 2.28. The van der Waals surface area contributed by atoms with Crippen LogP contribution in [0.25, 0.3) is 0 Å². The van der Waals surface area contributed by atoms with Crippen molar-refractivity contribution in [3.05, 3.63) is 35.9 Å². The molecule has 0 unspecified atom stereocenters. The fraction of sp³-hybridized carbons (Fsp3) is 0.500. The average molecular weight is 286 g/mol. The van der Waals surface area contributed by atoms with E-state index in [2.05, 4.69) is 5.32 Å². The SMILES string of the molecule is COC(=O)[C@@]1(COCc2ccccc2)CCCN1.Cl. The van der Waals surface area contributed by atoms with Crippen molar-refractivity contribution in [3.63, 3.8) is 0 Å². The Hall–Kier alpha value is -1.10. The predicted molar refractivity (Wildman–Crippen MR) is 75.3 cm³/mol. The van der Waals surface area contributed by atoms with E-state index >= 15 is 0 Å². The summed E-state index contributed by atoms with van der Waals surface area (Å²) in [7, 11) is 1.42. The largest absolute Gasteiger partial charge is 0.468 e. The van der Waals surface area contributed by atoms with Gasteiger partial charge in [0.1, 0.15) is 5.54 Å². The summed E-state index contributed by atoms with van der Waals surface area (Å²) in [6, 6.07) is 9.93. The molecule has 0 saturated carbocycles. The maximum atomic E-state index is 11.8. The Labute approximate surface area is 119 Å². The minimum Gasteiger partial charge on any atom is -0.468 e. The lowest BCUT2D eigenvalue weighted by Crippen LogP contribution is -2.52. The van der Waals surface area contributed by atoms with E-state index in [4.69, 9.17) is 9.47 Å². The van der Waals surface area contributed by atoms with Crippen LogP contribution in [0.3, 0.4) is 0 Å². The van der Waals surface area contributed by atoms with Gasteiger partial charge in [0.05, 0.1) is 20.3 Å². The number of nitrogens with one attached hydrogen (secondary N) is 1. The molecular weight excluding hydrogens is 266 g/mol. The standard InChI is InChI=1S/C14H19NO3.ClH/c1-17-13(16)14(8-5-9-15-14)11-18-10-12-6-3-2-4-7-12;/h2-4,6-7,15H,5,8-11H2,1H3;1H/t14-;/m0./s1. The lowest BCUT2D eigenvalue weighted by Gasteiger charge is -2.26. The number of ether oxygens (including phenoxy) is 2. The van der Waals surface area contributed by atoms with Gasteiger partial charge in [-0.2, -0.15) is 0 Å². The van der Waals surface area contributed by atoms with Gasteiger partial charge in [-0.3, -0.25) is 5.32 Å². The fourth-order valence-corrected chi connectivity index (χ4v) is 2.28. The Balaban J connectivity index is 0.00000180. The van der Waals surface area contributed by atoms with Crippen molar-refractivity contribution in [2.24, 2.45) is 0 Å². The van der Waals surface area contributed by atoms with Crippen molar-refractivity contribution < 1.29 is 14.3 Å². The zero-order valence-electron chi connectivity index (χ0n) is 11.1. The van der Waals surface area contributed by atoms with Gasteiger partial charge >= 0.3 is 5.97 Å². The molecule has 0 amide bonds. The van der Waals surface area contributed by atoms with Crippen LogP contribution in [-0.4, -0.2) is 31.8 Å². The Morgan fingerprint density at radius 3 is 2.68 bits per heavy atom. The highest BCUT2D eigenvalue weighted by Crippen LogP contribution is 2.21. The number of halogens is 1. The molecule has 5 heteroatoms. The van der Waals surface area contributed by atoms with E-state index in [1.54, 1.807) is 0 Å². The van der Waals surface area contributed by atoms with Gasteiger partial charge in [-0.1, -0.05) is 30.3 Å². The summed E-state index contributed by atoms with van der Waals surface area (Å²) in [4.78, 5) is 11.8. The molecule has 1 heterocycles. The van der Waals surface area contributed by atoms with Crippen molar-refractivity contribution in [2.75, 3.05) is 20.3 Å². The summed E-state index contributed by atoms with van der Waals surface area (Å²) in [5.74, 6) is -0.229. The van der Waals surface area contributed by atoms with Gasteiger partial charge in [-0.15, -0.1) is 12.4 Å². The van der Waals surface area contributed by atoms with Crippen LogP contribution >= 0.6 is 12.4 Å². The number of esters is 1. The van der Waals surface area contributed by atoms with Crippen molar-refractivity contribution in [2.45, 2.75) is 25.0 Å². The number of rotatable bonds is 5. The summed E-state index contributed by atoms with van der Waals surface area (Å²) < 4.78 is 10.5. The second-order valence-corrected chi connectivity index (χ2v) is 4.58. The molecule has 0 aromatic heterocycles. The molecule has 1 aromatic rings. The molecule has 1 saturated heterocycles. The lowest BCUT2D eigenvalue weighted by atomic mass is 9.99. The van der Waals surface area contributed by atoms with Gasteiger partial charge in [0, 0.05) is 0 Å². The molecule has 0 spiro atoms. The van der Waals surface area contributed by atoms with Crippen molar-refractivity contribution in [1.82, 2.24) is 5.32 Å². The summed E-state index contributed by atoms with van der Waals surface area (Å²) >= 11 is 0.